The fourth-order valence-electron chi connectivity index (χ4n) is 1.91. The lowest BCUT2D eigenvalue weighted by Crippen LogP contribution is -2.23. The van der Waals surface area contributed by atoms with Gasteiger partial charge in [0, 0.05) is 32.7 Å². The van der Waals surface area contributed by atoms with Gasteiger partial charge in [-0.05, 0) is 38.6 Å². The number of hydrogen-bond acceptors (Lipinski definition) is 3. The average molecular weight is 237 g/mol. The molecule has 0 saturated heterocycles. The van der Waals surface area contributed by atoms with Crippen molar-refractivity contribution in [2.24, 2.45) is 13.0 Å². The molecule has 1 aromatic heterocycles. The van der Waals surface area contributed by atoms with E-state index in [0.717, 1.165) is 37.9 Å². The normalized spacial score (nSPS) is 17.3. The van der Waals surface area contributed by atoms with Gasteiger partial charge in [0.05, 0.1) is 6.04 Å². The molecular formula is C13H23N3O. The molecule has 1 N–H and O–H groups in total. The number of rotatable bonds is 8. The van der Waals surface area contributed by atoms with E-state index in [1.165, 1.54) is 12.8 Å². The molecule has 0 bridgehead atoms. The summed E-state index contributed by atoms with van der Waals surface area (Å²) in [4.78, 5) is 4.33. The van der Waals surface area contributed by atoms with Gasteiger partial charge < -0.3 is 14.6 Å². The van der Waals surface area contributed by atoms with Gasteiger partial charge in [-0.1, -0.05) is 0 Å². The van der Waals surface area contributed by atoms with Gasteiger partial charge in [-0.25, -0.2) is 4.98 Å². The van der Waals surface area contributed by atoms with Crippen LogP contribution in [0.5, 0.6) is 0 Å². The Balaban J connectivity index is 1.53. The van der Waals surface area contributed by atoms with Crippen molar-refractivity contribution in [3.63, 3.8) is 0 Å². The third kappa shape index (κ3) is 4.13. The molecular weight excluding hydrogens is 214 g/mol. The van der Waals surface area contributed by atoms with Crippen LogP contribution in [0.15, 0.2) is 12.4 Å². The van der Waals surface area contributed by atoms with Gasteiger partial charge >= 0.3 is 0 Å². The molecule has 0 radical (unpaired) electrons. The minimum Gasteiger partial charge on any atom is -0.381 e. The van der Waals surface area contributed by atoms with Gasteiger partial charge in [0.1, 0.15) is 5.82 Å². The predicted molar refractivity (Wildman–Crippen MR) is 67.8 cm³/mol. The first-order chi connectivity index (χ1) is 8.27. The molecule has 17 heavy (non-hydrogen) atoms. The van der Waals surface area contributed by atoms with Crippen LogP contribution < -0.4 is 5.32 Å². The summed E-state index contributed by atoms with van der Waals surface area (Å²) in [6, 6.07) is 0.304. The van der Waals surface area contributed by atoms with Crippen LogP contribution in [0, 0.1) is 5.92 Å². The molecule has 1 saturated carbocycles. The number of aromatic nitrogens is 2. The minimum absolute atomic E-state index is 0.304. The van der Waals surface area contributed by atoms with E-state index >= 15 is 0 Å². The SMILES string of the molecule is CC(NCCCOCC1CC1)c1nccn1C. The van der Waals surface area contributed by atoms with Crippen molar-refractivity contribution in [1.29, 1.82) is 0 Å². The molecule has 0 aliphatic heterocycles. The summed E-state index contributed by atoms with van der Waals surface area (Å²) in [7, 11) is 2.03. The van der Waals surface area contributed by atoms with Gasteiger partial charge in [0.15, 0.2) is 0 Å². The summed E-state index contributed by atoms with van der Waals surface area (Å²) >= 11 is 0. The molecule has 1 heterocycles. The Labute approximate surface area is 103 Å². The summed E-state index contributed by atoms with van der Waals surface area (Å²) in [6.45, 7) is 4.97. The lowest BCUT2D eigenvalue weighted by atomic mass is 10.3. The molecule has 96 valence electrons. The van der Waals surface area contributed by atoms with E-state index in [1.54, 1.807) is 0 Å². The molecule has 4 heteroatoms. The van der Waals surface area contributed by atoms with E-state index in [-0.39, 0.29) is 0 Å². The van der Waals surface area contributed by atoms with Crippen molar-refractivity contribution in [1.82, 2.24) is 14.9 Å². The third-order valence-corrected chi connectivity index (χ3v) is 3.21. The maximum Gasteiger partial charge on any atom is 0.125 e. The van der Waals surface area contributed by atoms with Crippen LogP contribution in [0.1, 0.15) is 38.1 Å². The molecule has 1 aliphatic carbocycles. The van der Waals surface area contributed by atoms with Gasteiger partial charge in [-0.3, -0.25) is 0 Å². The Hall–Kier alpha value is -0.870. The summed E-state index contributed by atoms with van der Waals surface area (Å²) in [5, 5.41) is 3.47. The van der Waals surface area contributed by atoms with E-state index in [0.29, 0.717) is 6.04 Å². The Morgan fingerprint density at radius 2 is 2.41 bits per heavy atom. The Bertz CT molecular complexity index is 333. The molecule has 0 aromatic carbocycles. The molecule has 1 fully saturated rings. The topological polar surface area (TPSA) is 39.1 Å². The molecule has 2 rings (SSSR count). The molecule has 1 atom stereocenters. The maximum atomic E-state index is 5.59. The third-order valence-electron chi connectivity index (χ3n) is 3.21. The molecule has 1 aliphatic rings. The second-order valence-electron chi connectivity index (χ2n) is 4.94. The fourth-order valence-corrected chi connectivity index (χ4v) is 1.91. The number of nitrogens with zero attached hydrogens (tertiary/aromatic N) is 2. The Morgan fingerprint density at radius 1 is 1.59 bits per heavy atom. The van der Waals surface area contributed by atoms with Gasteiger partial charge in [0.2, 0.25) is 0 Å². The van der Waals surface area contributed by atoms with Crippen molar-refractivity contribution in [3.05, 3.63) is 18.2 Å². The highest BCUT2D eigenvalue weighted by atomic mass is 16.5. The second kappa shape index (κ2) is 6.17. The lowest BCUT2D eigenvalue weighted by Gasteiger charge is -2.13. The number of aryl methyl sites for hydroxylation is 1. The zero-order valence-electron chi connectivity index (χ0n) is 10.9. The first-order valence-electron chi connectivity index (χ1n) is 6.55. The van der Waals surface area contributed by atoms with E-state index < -0.39 is 0 Å². The van der Waals surface area contributed by atoms with E-state index in [1.807, 2.05) is 19.4 Å². The van der Waals surface area contributed by atoms with Crippen molar-refractivity contribution in [2.45, 2.75) is 32.2 Å². The maximum absolute atomic E-state index is 5.59. The summed E-state index contributed by atoms with van der Waals surface area (Å²) in [6.07, 6.45) is 7.63. The number of hydrogen-bond donors (Lipinski definition) is 1. The molecule has 1 aromatic rings. The highest BCUT2D eigenvalue weighted by molar-refractivity contribution is 4.96. The molecule has 1 unspecified atom stereocenters. The van der Waals surface area contributed by atoms with Crippen LogP contribution in [-0.4, -0.2) is 29.3 Å². The Kier molecular flexibility index (Phi) is 4.57. The largest absolute Gasteiger partial charge is 0.381 e. The van der Waals surface area contributed by atoms with Crippen LogP contribution in [-0.2, 0) is 11.8 Å². The van der Waals surface area contributed by atoms with Crippen molar-refractivity contribution >= 4 is 0 Å². The van der Waals surface area contributed by atoms with Crippen LogP contribution >= 0.6 is 0 Å². The summed E-state index contributed by atoms with van der Waals surface area (Å²) in [5.74, 6) is 1.96. The smallest absolute Gasteiger partial charge is 0.125 e. The number of nitrogens with one attached hydrogen (secondary N) is 1. The number of imidazole rings is 1. The first kappa shape index (κ1) is 12.6. The van der Waals surface area contributed by atoms with Crippen molar-refractivity contribution in [2.75, 3.05) is 19.8 Å². The minimum atomic E-state index is 0.304. The van der Waals surface area contributed by atoms with Crippen LogP contribution in [0.4, 0.5) is 0 Å². The van der Waals surface area contributed by atoms with Crippen LogP contribution in [0.2, 0.25) is 0 Å². The van der Waals surface area contributed by atoms with Crippen LogP contribution in [0.25, 0.3) is 0 Å². The highest BCUT2D eigenvalue weighted by Crippen LogP contribution is 2.28. The summed E-state index contributed by atoms with van der Waals surface area (Å²) in [5.41, 5.74) is 0. The van der Waals surface area contributed by atoms with Gasteiger partial charge in [0.25, 0.3) is 0 Å². The quantitative estimate of drug-likeness (QED) is 0.702. The predicted octanol–water partition coefficient (Wildman–Crippen LogP) is 1.89. The van der Waals surface area contributed by atoms with Gasteiger partial charge in [-0.15, -0.1) is 0 Å². The molecule has 0 spiro atoms. The van der Waals surface area contributed by atoms with E-state index in [4.69, 9.17) is 4.74 Å². The van der Waals surface area contributed by atoms with Crippen LogP contribution in [0.3, 0.4) is 0 Å². The van der Waals surface area contributed by atoms with E-state index in [2.05, 4.69) is 21.8 Å². The fraction of sp³-hybridized carbons (Fsp3) is 0.769. The zero-order chi connectivity index (χ0) is 12.1. The number of ether oxygens (including phenoxy) is 1. The second-order valence-corrected chi connectivity index (χ2v) is 4.94. The summed E-state index contributed by atoms with van der Waals surface area (Å²) < 4.78 is 7.65. The monoisotopic (exact) mass is 237 g/mol. The first-order valence-corrected chi connectivity index (χ1v) is 6.55. The standard InChI is InChI=1S/C13H23N3O/c1-11(13-15-7-8-16(13)2)14-6-3-9-17-10-12-4-5-12/h7-8,11-12,14H,3-6,9-10H2,1-2H3. The molecule has 0 amide bonds. The highest BCUT2D eigenvalue weighted by Gasteiger charge is 2.20. The molecule has 4 nitrogen and oxygen atoms in total. The van der Waals surface area contributed by atoms with Crippen molar-refractivity contribution < 1.29 is 4.74 Å². The van der Waals surface area contributed by atoms with Crippen molar-refractivity contribution in [3.8, 4) is 0 Å². The zero-order valence-corrected chi connectivity index (χ0v) is 10.9. The Morgan fingerprint density at radius 3 is 3.06 bits per heavy atom. The lowest BCUT2D eigenvalue weighted by molar-refractivity contribution is 0.121. The average Bonchev–Trinajstić information content (AvgIpc) is 3.04. The van der Waals surface area contributed by atoms with E-state index in [9.17, 15) is 0 Å². The van der Waals surface area contributed by atoms with Gasteiger partial charge in [-0.2, -0.15) is 0 Å².